The van der Waals surface area contributed by atoms with Crippen LogP contribution < -0.4 is 0 Å². The lowest BCUT2D eigenvalue weighted by Gasteiger charge is -2.19. The molecular weight excluding hydrogens is 286 g/mol. The van der Waals surface area contributed by atoms with E-state index in [1.807, 2.05) is 0 Å². The molecule has 0 atom stereocenters. The van der Waals surface area contributed by atoms with Crippen LogP contribution in [0, 0.1) is 0 Å². The van der Waals surface area contributed by atoms with E-state index in [1.165, 1.54) is 18.7 Å². The summed E-state index contributed by atoms with van der Waals surface area (Å²) >= 11 is 5.37. The van der Waals surface area contributed by atoms with E-state index in [4.69, 9.17) is 21.1 Å². The molecule has 0 N–H and O–H groups in total. The molecule has 0 aliphatic carbocycles. The Morgan fingerprint density at radius 1 is 0.950 bits per heavy atom. The first-order valence-electron chi connectivity index (χ1n) is 5.85. The number of carbonyl (C=O) groups excluding carboxylic acids is 3. The molecule has 6 nitrogen and oxygen atoms in total. The van der Waals surface area contributed by atoms with Gasteiger partial charge in [0, 0.05) is 11.1 Å². The van der Waals surface area contributed by atoms with Crippen LogP contribution in [0.1, 0.15) is 13.8 Å². The molecule has 0 saturated heterocycles. The highest BCUT2D eigenvalue weighted by molar-refractivity contribution is 6.62. The fourth-order valence-corrected chi connectivity index (χ4v) is 1.20. The summed E-state index contributed by atoms with van der Waals surface area (Å²) in [5.74, 6) is -1.08. The molecule has 0 unspecified atom stereocenters. The van der Waals surface area contributed by atoms with Gasteiger partial charge in [0.25, 0.3) is 0 Å². The van der Waals surface area contributed by atoms with Gasteiger partial charge in [0.1, 0.15) is 13.2 Å². The topological polar surface area (TPSA) is 72.9 Å². The summed E-state index contributed by atoms with van der Waals surface area (Å²) in [6.07, 6.45) is 0. The monoisotopic (exact) mass is 303 g/mol. The van der Waals surface area contributed by atoms with Gasteiger partial charge < -0.3 is 14.4 Å². The average molecular weight is 304 g/mol. The molecule has 0 aliphatic rings. The minimum absolute atomic E-state index is 0.0153. The number of rotatable bonds is 8. The van der Waals surface area contributed by atoms with Crippen molar-refractivity contribution in [1.82, 2.24) is 4.90 Å². The van der Waals surface area contributed by atoms with Gasteiger partial charge in [-0.25, -0.2) is 9.59 Å². The van der Waals surface area contributed by atoms with E-state index in [0.29, 0.717) is 0 Å². The molecule has 0 rings (SSSR count). The van der Waals surface area contributed by atoms with Crippen molar-refractivity contribution in [2.75, 3.05) is 26.3 Å². The lowest BCUT2D eigenvalue weighted by atomic mass is 10.4. The normalized spacial score (nSPS) is 9.55. The quantitative estimate of drug-likeness (QED) is 0.296. The molecule has 0 bridgehead atoms. The molecule has 0 heterocycles. The summed E-state index contributed by atoms with van der Waals surface area (Å²) in [6, 6.07) is 0. The van der Waals surface area contributed by atoms with Crippen LogP contribution in [0.3, 0.4) is 0 Å². The molecule has 112 valence electrons. The number of carbonyl (C=O) groups is 3. The zero-order valence-corrected chi connectivity index (χ0v) is 12.4. The van der Waals surface area contributed by atoms with E-state index in [1.54, 1.807) is 0 Å². The predicted molar refractivity (Wildman–Crippen MR) is 74.4 cm³/mol. The Balaban J connectivity index is 4.09. The first-order chi connectivity index (χ1) is 9.25. The minimum Gasteiger partial charge on any atom is -0.460 e. The molecule has 0 fully saturated rings. The maximum Gasteiger partial charge on any atom is 0.333 e. The number of ether oxygens (including phenoxy) is 2. The van der Waals surface area contributed by atoms with Gasteiger partial charge in [-0.05, 0) is 25.4 Å². The van der Waals surface area contributed by atoms with Crippen LogP contribution in [0.25, 0.3) is 0 Å². The number of halogens is 1. The van der Waals surface area contributed by atoms with Crippen molar-refractivity contribution in [1.29, 1.82) is 0 Å². The second-order valence-corrected chi connectivity index (χ2v) is 4.40. The Bertz CT molecular complexity index is 387. The van der Waals surface area contributed by atoms with Crippen molar-refractivity contribution in [3.63, 3.8) is 0 Å². The molecule has 0 saturated carbocycles. The molecular formula is C13H18ClNO5. The Morgan fingerprint density at radius 2 is 1.30 bits per heavy atom. The van der Waals surface area contributed by atoms with Crippen LogP contribution >= 0.6 is 11.6 Å². The lowest BCUT2D eigenvalue weighted by Crippen LogP contribution is -2.34. The maximum absolute atomic E-state index is 11.1. The Kier molecular flexibility index (Phi) is 8.31. The van der Waals surface area contributed by atoms with Gasteiger partial charge in [0.15, 0.2) is 0 Å². The summed E-state index contributed by atoms with van der Waals surface area (Å²) in [5, 5.41) is -0.720. The van der Waals surface area contributed by atoms with Crippen molar-refractivity contribution < 1.29 is 23.9 Å². The zero-order valence-electron chi connectivity index (χ0n) is 11.6. The first kappa shape index (κ1) is 18.2. The highest BCUT2D eigenvalue weighted by Gasteiger charge is 2.13. The van der Waals surface area contributed by atoms with E-state index < -0.39 is 17.3 Å². The van der Waals surface area contributed by atoms with Gasteiger partial charge in [-0.15, -0.1) is 0 Å². The average Bonchev–Trinajstić information content (AvgIpc) is 2.35. The summed E-state index contributed by atoms with van der Waals surface area (Å²) in [5.41, 5.74) is 0.535. The molecule has 0 spiro atoms. The highest BCUT2D eigenvalue weighted by atomic mass is 35.5. The van der Waals surface area contributed by atoms with Gasteiger partial charge >= 0.3 is 17.3 Å². The van der Waals surface area contributed by atoms with E-state index in [2.05, 4.69) is 13.2 Å². The smallest absolute Gasteiger partial charge is 0.333 e. The first-order valence-corrected chi connectivity index (χ1v) is 6.23. The maximum atomic E-state index is 11.1. The van der Waals surface area contributed by atoms with E-state index in [9.17, 15) is 14.4 Å². The second kappa shape index (κ2) is 9.14. The number of nitrogens with zero attached hydrogens (tertiary/aromatic N) is 1. The Labute approximate surface area is 123 Å². The standard InChI is InChI=1S/C13H18ClNO5/c1-9(2)11(16)19-7-5-15(13(14)18)6-8-20-12(17)10(3)4/h1,3,5-8H2,2,4H3. The van der Waals surface area contributed by atoms with Crippen LogP contribution in [0.15, 0.2) is 24.3 Å². The van der Waals surface area contributed by atoms with Crippen molar-refractivity contribution in [3.8, 4) is 0 Å². The van der Waals surface area contributed by atoms with E-state index in [-0.39, 0.29) is 37.4 Å². The molecule has 0 aliphatic heterocycles. The third kappa shape index (κ3) is 7.58. The second-order valence-electron chi connectivity index (χ2n) is 4.07. The molecule has 0 aromatic heterocycles. The number of amides is 1. The largest absolute Gasteiger partial charge is 0.460 e. The van der Waals surface area contributed by atoms with Crippen LogP contribution in [0.2, 0.25) is 0 Å². The molecule has 20 heavy (non-hydrogen) atoms. The number of hydrogen-bond donors (Lipinski definition) is 0. The van der Waals surface area contributed by atoms with E-state index in [0.717, 1.165) is 0 Å². The van der Waals surface area contributed by atoms with Crippen molar-refractivity contribution >= 4 is 28.9 Å². The van der Waals surface area contributed by atoms with Crippen molar-refractivity contribution in [2.45, 2.75) is 13.8 Å². The van der Waals surface area contributed by atoms with Crippen LogP contribution in [0.4, 0.5) is 4.79 Å². The van der Waals surface area contributed by atoms with Crippen LogP contribution in [-0.2, 0) is 19.1 Å². The SMILES string of the molecule is C=C(C)C(=O)OCCN(CCOC(=O)C(=C)C)C(=O)Cl. The third-order valence-corrected chi connectivity index (χ3v) is 2.37. The molecule has 7 heteroatoms. The Hall–Kier alpha value is -1.82. The number of hydrogen-bond acceptors (Lipinski definition) is 5. The van der Waals surface area contributed by atoms with Gasteiger partial charge in [-0.2, -0.15) is 0 Å². The van der Waals surface area contributed by atoms with Gasteiger partial charge in [-0.3, -0.25) is 4.79 Å². The number of esters is 2. The van der Waals surface area contributed by atoms with Gasteiger partial charge in [0.05, 0.1) is 13.1 Å². The summed E-state index contributed by atoms with van der Waals surface area (Å²) in [7, 11) is 0. The minimum atomic E-state index is -0.720. The predicted octanol–water partition coefficient (Wildman–Crippen LogP) is 1.89. The fourth-order valence-electron chi connectivity index (χ4n) is 1.03. The zero-order chi connectivity index (χ0) is 15.7. The third-order valence-electron chi connectivity index (χ3n) is 2.13. The van der Waals surface area contributed by atoms with Crippen LogP contribution in [-0.4, -0.2) is 48.5 Å². The van der Waals surface area contributed by atoms with Crippen molar-refractivity contribution in [2.24, 2.45) is 0 Å². The Morgan fingerprint density at radius 3 is 1.55 bits per heavy atom. The lowest BCUT2D eigenvalue weighted by molar-refractivity contribution is -0.139. The summed E-state index contributed by atoms with van der Waals surface area (Å²) < 4.78 is 9.67. The van der Waals surface area contributed by atoms with Gasteiger partial charge in [0.2, 0.25) is 0 Å². The van der Waals surface area contributed by atoms with Crippen molar-refractivity contribution in [3.05, 3.63) is 24.3 Å². The summed E-state index contributed by atoms with van der Waals surface area (Å²) in [4.78, 5) is 34.6. The highest BCUT2D eigenvalue weighted by Crippen LogP contribution is 2.00. The molecule has 0 radical (unpaired) electrons. The molecule has 1 amide bonds. The molecule has 0 aromatic rings. The fraction of sp³-hybridized carbons (Fsp3) is 0.462. The van der Waals surface area contributed by atoms with E-state index >= 15 is 0 Å². The van der Waals surface area contributed by atoms with Gasteiger partial charge in [-0.1, -0.05) is 13.2 Å². The summed E-state index contributed by atoms with van der Waals surface area (Å²) in [6.45, 7) is 10.1. The van der Waals surface area contributed by atoms with Crippen LogP contribution in [0.5, 0.6) is 0 Å². The molecule has 0 aromatic carbocycles.